The standard InChI is InChI=1S/C35H45ClN2O4/c1-34(2,3)42-33(39)24-10-13-31-30(16-24)38(19-25-8-11-28(36)15-23(25)7-5-6-14-41-31)20-26-9-12-29(26)32(40-4)27-17-35(18-27)21-37-22-35/h8,10-11,13,15-17,26,29,32,37H,5-7,9,12,14,18-22H2,1-4H3/t26-,29+,32-/m0/s1. The second-order valence-electron chi connectivity index (χ2n) is 13.8. The summed E-state index contributed by atoms with van der Waals surface area (Å²) in [4.78, 5) is 15.6. The van der Waals surface area contributed by atoms with Crippen LogP contribution in [0.3, 0.4) is 0 Å². The number of benzene rings is 2. The molecule has 2 heterocycles. The van der Waals surface area contributed by atoms with Gasteiger partial charge in [-0.25, -0.2) is 4.79 Å². The van der Waals surface area contributed by atoms with Crippen molar-refractivity contribution in [3.05, 3.63) is 69.8 Å². The maximum Gasteiger partial charge on any atom is 0.338 e. The summed E-state index contributed by atoms with van der Waals surface area (Å²) in [6.07, 6.45) is 9.09. The number of nitrogens with one attached hydrogen (secondary N) is 1. The number of carbonyl (C=O) groups excluding carboxylic acids is 1. The minimum atomic E-state index is -0.568. The maximum atomic E-state index is 13.2. The highest BCUT2D eigenvalue weighted by atomic mass is 35.5. The van der Waals surface area contributed by atoms with Crippen molar-refractivity contribution >= 4 is 23.3 Å². The Balaban J connectivity index is 1.33. The van der Waals surface area contributed by atoms with E-state index in [0.717, 1.165) is 74.7 Å². The Kier molecular flexibility index (Phi) is 8.34. The summed E-state index contributed by atoms with van der Waals surface area (Å²) in [6.45, 7) is 10.1. The van der Waals surface area contributed by atoms with E-state index in [9.17, 15) is 4.79 Å². The van der Waals surface area contributed by atoms with E-state index in [2.05, 4.69) is 28.4 Å². The lowest BCUT2D eigenvalue weighted by Crippen LogP contribution is -2.58. The first kappa shape index (κ1) is 29.5. The number of nitrogens with zero attached hydrogens (tertiary/aromatic N) is 1. The van der Waals surface area contributed by atoms with Gasteiger partial charge in [-0.05, 0) is 118 Å². The molecular formula is C35H45ClN2O4. The van der Waals surface area contributed by atoms with Gasteiger partial charge in [0.1, 0.15) is 11.4 Å². The highest BCUT2D eigenvalue weighted by Crippen LogP contribution is 2.50. The zero-order chi connectivity index (χ0) is 29.5. The van der Waals surface area contributed by atoms with E-state index in [1.165, 1.54) is 23.1 Å². The summed E-state index contributed by atoms with van der Waals surface area (Å²) < 4.78 is 18.3. The number of rotatable bonds is 6. The topological polar surface area (TPSA) is 60.0 Å². The summed E-state index contributed by atoms with van der Waals surface area (Å²) in [7, 11) is 1.87. The van der Waals surface area contributed by atoms with Gasteiger partial charge in [0.2, 0.25) is 0 Å². The summed E-state index contributed by atoms with van der Waals surface area (Å²) in [5.74, 6) is 1.46. The molecule has 0 aromatic heterocycles. The van der Waals surface area contributed by atoms with Crippen LogP contribution in [0.2, 0.25) is 5.02 Å². The van der Waals surface area contributed by atoms with Gasteiger partial charge in [0.25, 0.3) is 0 Å². The van der Waals surface area contributed by atoms with Crippen LogP contribution in [-0.4, -0.2) is 51.0 Å². The van der Waals surface area contributed by atoms with Crippen molar-refractivity contribution in [2.75, 3.05) is 38.3 Å². The fourth-order valence-corrected chi connectivity index (χ4v) is 7.31. The zero-order valence-corrected chi connectivity index (χ0v) is 26.3. The molecule has 1 N–H and O–H groups in total. The van der Waals surface area contributed by atoms with Crippen molar-refractivity contribution in [3.63, 3.8) is 0 Å². The molecular weight excluding hydrogens is 548 g/mol. The molecule has 1 saturated heterocycles. The second-order valence-corrected chi connectivity index (χ2v) is 14.2. The molecule has 226 valence electrons. The molecule has 0 amide bonds. The SMILES string of the molecule is CO[C@@H](C1=CC2(CNC2)C1)[C@@H]1CC[C@H]1CN1Cc2ccc(Cl)cc2CCCCOc2ccc(C(=O)OC(C)(C)C)cc21. The number of methoxy groups -OCH3 is 1. The average molecular weight is 593 g/mol. The van der Waals surface area contributed by atoms with Crippen LogP contribution in [0.4, 0.5) is 5.69 Å². The van der Waals surface area contributed by atoms with E-state index in [0.29, 0.717) is 29.4 Å². The second kappa shape index (κ2) is 11.9. The third-order valence-electron chi connectivity index (χ3n) is 9.50. The van der Waals surface area contributed by atoms with E-state index >= 15 is 0 Å². The summed E-state index contributed by atoms with van der Waals surface area (Å²) >= 11 is 6.46. The average Bonchev–Trinajstić information content (AvgIpc) is 2.90. The van der Waals surface area contributed by atoms with Crippen molar-refractivity contribution < 1.29 is 19.0 Å². The van der Waals surface area contributed by atoms with Crippen LogP contribution in [0, 0.1) is 17.3 Å². The van der Waals surface area contributed by atoms with Crippen molar-refractivity contribution in [3.8, 4) is 5.75 Å². The van der Waals surface area contributed by atoms with Crippen molar-refractivity contribution in [1.29, 1.82) is 0 Å². The molecule has 2 aliphatic carbocycles. The van der Waals surface area contributed by atoms with E-state index in [4.69, 9.17) is 25.8 Å². The Morgan fingerprint density at radius 2 is 1.95 bits per heavy atom. The number of esters is 1. The Morgan fingerprint density at radius 3 is 2.62 bits per heavy atom. The van der Waals surface area contributed by atoms with Gasteiger partial charge in [0, 0.05) is 43.7 Å². The van der Waals surface area contributed by atoms with E-state index in [1.807, 2.05) is 52.1 Å². The van der Waals surface area contributed by atoms with Gasteiger partial charge in [-0.1, -0.05) is 23.7 Å². The molecule has 6 nitrogen and oxygen atoms in total. The van der Waals surface area contributed by atoms with Gasteiger partial charge in [0.15, 0.2) is 0 Å². The number of fused-ring (bicyclic) bond motifs is 2. The monoisotopic (exact) mass is 592 g/mol. The Morgan fingerprint density at radius 1 is 1.14 bits per heavy atom. The van der Waals surface area contributed by atoms with Crippen LogP contribution in [-0.2, 0) is 22.4 Å². The van der Waals surface area contributed by atoms with Gasteiger partial charge >= 0.3 is 5.97 Å². The molecule has 6 rings (SSSR count). The molecule has 1 spiro atoms. The van der Waals surface area contributed by atoms with E-state index in [1.54, 1.807) is 0 Å². The fourth-order valence-electron chi connectivity index (χ4n) is 7.12. The molecule has 3 atom stereocenters. The Bertz CT molecular complexity index is 1340. The molecule has 42 heavy (non-hydrogen) atoms. The molecule has 2 aliphatic heterocycles. The van der Waals surface area contributed by atoms with Gasteiger partial charge in [-0.15, -0.1) is 0 Å². The number of anilines is 1. The van der Waals surface area contributed by atoms with E-state index in [-0.39, 0.29) is 12.1 Å². The first-order valence-electron chi connectivity index (χ1n) is 15.6. The van der Waals surface area contributed by atoms with Gasteiger partial charge < -0.3 is 24.4 Å². The molecule has 2 aromatic carbocycles. The predicted molar refractivity (Wildman–Crippen MR) is 168 cm³/mol. The number of hydrogen-bond donors (Lipinski definition) is 1. The lowest BCUT2D eigenvalue weighted by molar-refractivity contribution is -0.00608. The number of hydrogen-bond acceptors (Lipinski definition) is 6. The van der Waals surface area contributed by atoms with Crippen LogP contribution >= 0.6 is 11.6 Å². The molecule has 7 heteroatoms. The molecule has 4 aliphatic rings. The number of halogens is 1. The van der Waals surface area contributed by atoms with E-state index < -0.39 is 5.60 Å². The highest BCUT2D eigenvalue weighted by Gasteiger charge is 2.48. The smallest absolute Gasteiger partial charge is 0.338 e. The van der Waals surface area contributed by atoms with Crippen LogP contribution in [0.5, 0.6) is 5.75 Å². The summed E-state index contributed by atoms with van der Waals surface area (Å²) in [5.41, 5.74) is 5.34. The van der Waals surface area contributed by atoms with Crippen LogP contribution < -0.4 is 15.0 Å². The maximum absolute atomic E-state index is 13.2. The molecule has 2 fully saturated rings. The highest BCUT2D eigenvalue weighted by molar-refractivity contribution is 6.30. The fraction of sp³-hybridized carbons (Fsp3) is 0.571. The third kappa shape index (κ3) is 6.22. The Hall–Kier alpha value is -2.54. The minimum Gasteiger partial charge on any atom is -0.491 e. The first-order chi connectivity index (χ1) is 20.1. The quantitative estimate of drug-likeness (QED) is 0.288. The van der Waals surface area contributed by atoms with Gasteiger partial charge in [-0.2, -0.15) is 0 Å². The molecule has 1 saturated carbocycles. The van der Waals surface area contributed by atoms with Crippen LogP contribution in [0.25, 0.3) is 0 Å². The molecule has 0 unspecified atom stereocenters. The molecule has 0 bridgehead atoms. The van der Waals surface area contributed by atoms with Gasteiger partial charge in [-0.3, -0.25) is 0 Å². The summed E-state index contributed by atoms with van der Waals surface area (Å²) in [5, 5.41) is 4.20. The van der Waals surface area contributed by atoms with Gasteiger partial charge in [0.05, 0.1) is 24.0 Å². The third-order valence-corrected chi connectivity index (χ3v) is 9.74. The Labute approximate surface area is 255 Å². The van der Waals surface area contributed by atoms with Crippen molar-refractivity contribution in [2.45, 2.75) is 77.5 Å². The first-order valence-corrected chi connectivity index (χ1v) is 16.0. The molecule has 2 aromatic rings. The number of ether oxygens (including phenoxy) is 3. The largest absolute Gasteiger partial charge is 0.491 e. The molecule has 0 radical (unpaired) electrons. The van der Waals surface area contributed by atoms with Crippen molar-refractivity contribution in [1.82, 2.24) is 5.32 Å². The lowest BCUT2D eigenvalue weighted by atomic mass is 9.60. The van der Waals surface area contributed by atoms with Crippen molar-refractivity contribution in [2.24, 2.45) is 17.3 Å². The van der Waals surface area contributed by atoms with Crippen LogP contribution in [0.1, 0.15) is 74.4 Å². The lowest BCUT2D eigenvalue weighted by Gasteiger charge is -2.52. The number of carbonyl (C=O) groups is 1. The zero-order valence-electron chi connectivity index (χ0n) is 25.5. The predicted octanol–water partition coefficient (Wildman–Crippen LogP) is 6.98. The minimum absolute atomic E-state index is 0.175. The normalized spacial score (nSPS) is 23.9. The summed E-state index contributed by atoms with van der Waals surface area (Å²) in [6, 6.07) is 12.0. The number of aryl methyl sites for hydroxylation is 1. The van der Waals surface area contributed by atoms with Crippen LogP contribution in [0.15, 0.2) is 48.0 Å².